The Bertz CT molecular complexity index is 880. The van der Waals surface area contributed by atoms with Crippen molar-refractivity contribution in [1.29, 1.82) is 0 Å². The summed E-state index contributed by atoms with van der Waals surface area (Å²) in [6, 6.07) is 16.1. The lowest BCUT2D eigenvalue weighted by Crippen LogP contribution is -1.88. The first-order valence-corrected chi connectivity index (χ1v) is 7.72. The Morgan fingerprint density at radius 1 is 0.783 bits per heavy atom. The summed E-state index contributed by atoms with van der Waals surface area (Å²) >= 11 is 0. The minimum absolute atomic E-state index is 0.840. The number of fused-ring (bicyclic) bond motifs is 1. The van der Waals surface area contributed by atoms with Crippen LogP contribution in [0.3, 0.4) is 0 Å². The molecule has 0 radical (unpaired) electrons. The van der Waals surface area contributed by atoms with E-state index in [1.54, 1.807) is 10.7 Å². The fourth-order valence-corrected chi connectivity index (χ4v) is 2.36. The highest BCUT2D eigenvalue weighted by Crippen LogP contribution is 2.24. The van der Waals surface area contributed by atoms with Gasteiger partial charge in [0.1, 0.15) is 0 Å². The highest BCUT2D eigenvalue weighted by molar-refractivity contribution is 5.77. The molecule has 4 rings (SSSR count). The van der Waals surface area contributed by atoms with E-state index in [0.29, 0.717) is 0 Å². The first-order valence-electron chi connectivity index (χ1n) is 7.72. The number of benzene rings is 1. The molecule has 0 spiro atoms. The first kappa shape index (κ1) is 14.9. The molecule has 0 fully saturated rings. The minimum Gasteiger partial charge on any atom is -0.256 e. The molecular formula is C19H18N4. The van der Waals surface area contributed by atoms with E-state index in [9.17, 15) is 0 Å². The van der Waals surface area contributed by atoms with E-state index in [2.05, 4.69) is 33.3 Å². The van der Waals surface area contributed by atoms with E-state index >= 15 is 0 Å². The van der Waals surface area contributed by atoms with Crippen LogP contribution < -0.4 is 0 Å². The van der Waals surface area contributed by atoms with Gasteiger partial charge in [0, 0.05) is 35.3 Å². The molecule has 0 bridgehead atoms. The van der Waals surface area contributed by atoms with Crippen LogP contribution in [0.1, 0.15) is 13.8 Å². The smallest absolute Gasteiger partial charge is 0.162 e. The Hall–Kier alpha value is -3.01. The molecule has 4 aromatic rings. The number of rotatable bonds is 2. The van der Waals surface area contributed by atoms with E-state index in [1.807, 2.05) is 62.8 Å². The molecule has 3 aromatic heterocycles. The molecule has 0 aliphatic carbocycles. The maximum Gasteiger partial charge on any atom is 0.162 e. The third-order valence-electron chi connectivity index (χ3n) is 3.42. The topological polar surface area (TPSA) is 43.1 Å². The van der Waals surface area contributed by atoms with Gasteiger partial charge >= 0.3 is 0 Å². The molecule has 0 saturated carbocycles. The van der Waals surface area contributed by atoms with Gasteiger partial charge in [0.15, 0.2) is 5.65 Å². The van der Waals surface area contributed by atoms with Gasteiger partial charge in [-0.3, -0.25) is 4.98 Å². The van der Waals surface area contributed by atoms with Crippen molar-refractivity contribution < 1.29 is 0 Å². The van der Waals surface area contributed by atoms with E-state index in [4.69, 9.17) is 0 Å². The molecular weight excluding hydrogens is 284 g/mol. The fourth-order valence-electron chi connectivity index (χ4n) is 2.36. The Balaban J connectivity index is 0.000000753. The highest BCUT2D eigenvalue weighted by atomic mass is 15.2. The van der Waals surface area contributed by atoms with E-state index < -0.39 is 0 Å². The highest BCUT2D eigenvalue weighted by Gasteiger charge is 2.08. The summed E-state index contributed by atoms with van der Waals surface area (Å²) < 4.78 is 1.76. The zero-order chi connectivity index (χ0) is 16.1. The number of aromatic nitrogens is 4. The van der Waals surface area contributed by atoms with Gasteiger partial charge in [0.2, 0.25) is 0 Å². The van der Waals surface area contributed by atoms with Crippen LogP contribution in [-0.4, -0.2) is 19.6 Å². The average Bonchev–Trinajstić information content (AvgIpc) is 3.08. The van der Waals surface area contributed by atoms with Crippen molar-refractivity contribution in [2.45, 2.75) is 13.8 Å². The second-order valence-electron chi connectivity index (χ2n) is 4.74. The fraction of sp³-hybridized carbons (Fsp3) is 0.105. The van der Waals surface area contributed by atoms with Crippen LogP contribution in [-0.2, 0) is 0 Å². The van der Waals surface area contributed by atoms with Gasteiger partial charge in [0.25, 0.3) is 0 Å². The van der Waals surface area contributed by atoms with Crippen molar-refractivity contribution in [2.24, 2.45) is 0 Å². The molecule has 114 valence electrons. The van der Waals surface area contributed by atoms with Crippen molar-refractivity contribution in [3.63, 3.8) is 0 Å². The van der Waals surface area contributed by atoms with Gasteiger partial charge in [-0.25, -0.2) is 9.50 Å². The van der Waals surface area contributed by atoms with Crippen LogP contribution in [0.25, 0.3) is 28.0 Å². The second kappa shape index (κ2) is 6.83. The predicted octanol–water partition coefficient (Wildman–Crippen LogP) is 4.48. The van der Waals surface area contributed by atoms with Gasteiger partial charge in [-0.1, -0.05) is 50.2 Å². The van der Waals surface area contributed by atoms with Crippen molar-refractivity contribution in [3.8, 4) is 22.4 Å². The summed E-state index contributed by atoms with van der Waals surface area (Å²) in [7, 11) is 0. The first-order chi connectivity index (χ1) is 11.4. The van der Waals surface area contributed by atoms with Gasteiger partial charge < -0.3 is 0 Å². The van der Waals surface area contributed by atoms with Crippen molar-refractivity contribution in [1.82, 2.24) is 19.6 Å². The van der Waals surface area contributed by atoms with Crippen molar-refractivity contribution in [2.75, 3.05) is 0 Å². The molecule has 0 saturated heterocycles. The molecule has 0 atom stereocenters. The second-order valence-corrected chi connectivity index (χ2v) is 4.74. The zero-order valence-corrected chi connectivity index (χ0v) is 13.2. The molecule has 4 heteroatoms. The lowest BCUT2D eigenvalue weighted by molar-refractivity contribution is 0.939. The molecule has 0 aliphatic rings. The SMILES string of the molecule is CC.c1ccc(-c2ccc(-c3cnn4cccnc34)cn2)cc1. The molecule has 0 unspecified atom stereocenters. The van der Waals surface area contributed by atoms with E-state index in [1.165, 1.54) is 0 Å². The van der Waals surface area contributed by atoms with Crippen molar-refractivity contribution in [3.05, 3.63) is 73.3 Å². The van der Waals surface area contributed by atoms with Gasteiger partial charge in [0.05, 0.1) is 11.9 Å². The van der Waals surface area contributed by atoms with Crippen LogP contribution in [0.5, 0.6) is 0 Å². The van der Waals surface area contributed by atoms with Crippen LogP contribution in [0.4, 0.5) is 0 Å². The third kappa shape index (κ3) is 2.97. The van der Waals surface area contributed by atoms with Crippen LogP contribution >= 0.6 is 0 Å². The zero-order valence-electron chi connectivity index (χ0n) is 13.2. The number of hydrogen-bond acceptors (Lipinski definition) is 3. The third-order valence-corrected chi connectivity index (χ3v) is 3.42. The Labute approximate surface area is 135 Å². The van der Waals surface area contributed by atoms with Gasteiger partial charge in [-0.15, -0.1) is 0 Å². The monoisotopic (exact) mass is 302 g/mol. The van der Waals surface area contributed by atoms with E-state index in [-0.39, 0.29) is 0 Å². The van der Waals surface area contributed by atoms with Crippen LogP contribution in [0.15, 0.2) is 73.3 Å². The minimum atomic E-state index is 0.840. The summed E-state index contributed by atoms with van der Waals surface area (Å²) in [5.74, 6) is 0. The van der Waals surface area contributed by atoms with Crippen LogP contribution in [0.2, 0.25) is 0 Å². The molecule has 3 heterocycles. The molecule has 0 amide bonds. The Kier molecular flexibility index (Phi) is 4.43. The Morgan fingerprint density at radius 3 is 2.35 bits per heavy atom. The number of hydrogen-bond donors (Lipinski definition) is 0. The van der Waals surface area contributed by atoms with Gasteiger partial charge in [-0.2, -0.15) is 5.10 Å². The lowest BCUT2D eigenvalue weighted by atomic mass is 10.1. The number of nitrogens with zero attached hydrogens (tertiary/aromatic N) is 4. The average molecular weight is 302 g/mol. The predicted molar refractivity (Wildman–Crippen MR) is 93.0 cm³/mol. The largest absolute Gasteiger partial charge is 0.256 e. The lowest BCUT2D eigenvalue weighted by Gasteiger charge is -2.02. The quantitative estimate of drug-likeness (QED) is 0.548. The molecule has 1 aromatic carbocycles. The standard InChI is InChI=1S/C17H12N4.C2H6/c1-2-5-13(6-3-1)16-8-7-14(11-19-16)15-12-20-21-10-4-9-18-17(15)21;1-2/h1-12H;1-2H3. The van der Waals surface area contributed by atoms with Crippen molar-refractivity contribution >= 4 is 5.65 Å². The summed E-state index contributed by atoms with van der Waals surface area (Å²) in [4.78, 5) is 8.92. The number of pyridine rings is 1. The summed E-state index contributed by atoms with van der Waals surface area (Å²) in [6.07, 6.45) is 7.35. The van der Waals surface area contributed by atoms with Crippen LogP contribution in [0, 0.1) is 0 Å². The normalized spacial score (nSPS) is 10.2. The molecule has 0 aliphatic heterocycles. The summed E-state index contributed by atoms with van der Waals surface area (Å²) in [5.41, 5.74) is 4.92. The van der Waals surface area contributed by atoms with Gasteiger partial charge in [-0.05, 0) is 12.1 Å². The Morgan fingerprint density at radius 2 is 1.61 bits per heavy atom. The maximum atomic E-state index is 4.55. The van der Waals surface area contributed by atoms with E-state index in [0.717, 1.165) is 28.0 Å². The summed E-state index contributed by atoms with van der Waals surface area (Å²) in [6.45, 7) is 4.00. The molecule has 23 heavy (non-hydrogen) atoms. The maximum absolute atomic E-state index is 4.55. The molecule has 4 nitrogen and oxygen atoms in total. The molecule has 0 N–H and O–H groups in total. The summed E-state index contributed by atoms with van der Waals surface area (Å²) in [5, 5.41) is 4.30.